The topological polar surface area (TPSA) is 64.9 Å². The van der Waals surface area contributed by atoms with Crippen LogP contribution in [0.2, 0.25) is 0 Å². The van der Waals surface area contributed by atoms with Crippen LogP contribution in [0.5, 0.6) is 0 Å². The molecule has 2 aromatic heterocycles. The number of thiophene rings is 1. The summed E-state index contributed by atoms with van der Waals surface area (Å²) in [4.78, 5) is 5.37. The first-order chi connectivity index (χ1) is 7.88. The van der Waals surface area contributed by atoms with E-state index >= 15 is 0 Å². The maximum Gasteiger partial charge on any atom is 0.232 e. The molecule has 0 fully saturated rings. The molecular weight excluding hydrogens is 302 g/mol. The largest absolute Gasteiger partial charge is 0.339 e. The Morgan fingerprint density at radius 3 is 2.59 bits per heavy atom. The maximum absolute atomic E-state index is 6.09. The lowest BCUT2D eigenvalue weighted by Gasteiger charge is -2.10. The van der Waals surface area contributed by atoms with Crippen molar-refractivity contribution >= 4 is 27.3 Å². The molecule has 0 bridgehead atoms. The minimum atomic E-state index is -0.328. The summed E-state index contributed by atoms with van der Waals surface area (Å²) in [6.45, 7) is 6.08. The normalized spacial score (nSPS) is 13.9. The van der Waals surface area contributed by atoms with Crippen molar-refractivity contribution in [1.82, 2.24) is 10.1 Å². The standard InChI is InChI=1S/C11H14BrN3OS/c1-11(2,3)10-14-9(15-16-10)8(13)6-4-5-7(12)17-6/h4-5,8H,13H2,1-3H3. The number of aromatic nitrogens is 2. The zero-order chi connectivity index (χ0) is 12.6. The van der Waals surface area contributed by atoms with Gasteiger partial charge in [0.2, 0.25) is 5.89 Å². The highest BCUT2D eigenvalue weighted by Crippen LogP contribution is 2.29. The van der Waals surface area contributed by atoms with E-state index < -0.39 is 0 Å². The molecule has 2 N–H and O–H groups in total. The molecule has 1 atom stereocenters. The first kappa shape index (κ1) is 12.7. The Morgan fingerprint density at radius 1 is 1.41 bits per heavy atom. The van der Waals surface area contributed by atoms with Gasteiger partial charge in [0.05, 0.1) is 3.79 Å². The van der Waals surface area contributed by atoms with Gasteiger partial charge in [0, 0.05) is 10.3 Å². The third kappa shape index (κ3) is 2.75. The fourth-order valence-electron chi connectivity index (χ4n) is 1.29. The highest BCUT2D eigenvalue weighted by molar-refractivity contribution is 9.11. The molecule has 1 unspecified atom stereocenters. The van der Waals surface area contributed by atoms with Crippen molar-refractivity contribution in [3.63, 3.8) is 0 Å². The quantitative estimate of drug-likeness (QED) is 0.924. The van der Waals surface area contributed by atoms with E-state index in [9.17, 15) is 0 Å². The molecule has 0 aliphatic heterocycles. The highest BCUT2D eigenvalue weighted by atomic mass is 79.9. The van der Waals surface area contributed by atoms with E-state index in [0.717, 1.165) is 8.66 Å². The molecule has 0 saturated heterocycles. The highest BCUT2D eigenvalue weighted by Gasteiger charge is 2.24. The van der Waals surface area contributed by atoms with Gasteiger partial charge in [0.25, 0.3) is 0 Å². The minimum Gasteiger partial charge on any atom is -0.339 e. The van der Waals surface area contributed by atoms with Crippen LogP contribution in [0.4, 0.5) is 0 Å². The molecule has 0 aliphatic carbocycles. The van der Waals surface area contributed by atoms with E-state index in [1.54, 1.807) is 11.3 Å². The van der Waals surface area contributed by atoms with Crippen LogP contribution < -0.4 is 5.73 Å². The van der Waals surface area contributed by atoms with Crippen molar-refractivity contribution in [3.8, 4) is 0 Å². The summed E-state index contributed by atoms with van der Waals surface area (Å²) in [5, 5.41) is 3.95. The van der Waals surface area contributed by atoms with E-state index in [0.29, 0.717) is 11.7 Å². The van der Waals surface area contributed by atoms with Gasteiger partial charge in [-0.15, -0.1) is 11.3 Å². The molecule has 0 radical (unpaired) electrons. The summed E-state index contributed by atoms with van der Waals surface area (Å²) in [6, 6.07) is 3.60. The first-order valence-corrected chi connectivity index (χ1v) is 6.84. The first-order valence-electron chi connectivity index (χ1n) is 5.23. The number of hydrogen-bond acceptors (Lipinski definition) is 5. The fraction of sp³-hybridized carbons (Fsp3) is 0.455. The number of nitrogens with zero attached hydrogens (tertiary/aromatic N) is 2. The van der Waals surface area contributed by atoms with Gasteiger partial charge < -0.3 is 10.3 Å². The van der Waals surface area contributed by atoms with Crippen LogP contribution in [0.15, 0.2) is 20.4 Å². The van der Waals surface area contributed by atoms with E-state index in [1.807, 2.05) is 32.9 Å². The Kier molecular flexibility index (Phi) is 3.38. The molecule has 6 heteroatoms. The summed E-state index contributed by atoms with van der Waals surface area (Å²) >= 11 is 4.99. The summed E-state index contributed by atoms with van der Waals surface area (Å²) in [5.41, 5.74) is 5.94. The van der Waals surface area contributed by atoms with Gasteiger partial charge >= 0.3 is 0 Å². The lowest BCUT2D eigenvalue weighted by molar-refractivity contribution is 0.317. The van der Waals surface area contributed by atoms with E-state index in [1.165, 1.54) is 0 Å². The molecule has 2 heterocycles. The summed E-state index contributed by atoms with van der Waals surface area (Å²) in [6.07, 6.45) is 0. The van der Waals surface area contributed by atoms with Crippen LogP contribution in [0.25, 0.3) is 0 Å². The zero-order valence-electron chi connectivity index (χ0n) is 9.90. The number of nitrogens with two attached hydrogens (primary N) is 1. The van der Waals surface area contributed by atoms with Gasteiger partial charge in [-0.3, -0.25) is 0 Å². The Hall–Kier alpha value is -0.720. The molecule has 0 aromatic carbocycles. The minimum absolute atomic E-state index is 0.152. The van der Waals surface area contributed by atoms with Gasteiger partial charge in [-0.1, -0.05) is 25.9 Å². The van der Waals surface area contributed by atoms with Crippen molar-refractivity contribution in [2.24, 2.45) is 5.73 Å². The van der Waals surface area contributed by atoms with Crippen LogP contribution in [0.1, 0.15) is 43.4 Å². The predicted octanol–water partition coefficient (Wildman–Crippen LogP) is 3.24. The molecule has 0 saturated carbocycles. The molecule has 92 valence electrons. The van der Waals surface area contributed by atoms with Crippen LogP contribution in [0, 0.1) is 0 Å². The second-order valence-corrected chi connectivity index (χ2v) is 7.32. The Balaban J connectivity index is 2.26. The van der Waals surface area contributed by atoms with Crippen molar-refractivity contribution < 1.29 is 4.52 Å². The molecular formula is C11H14BrN3OS. The maximum atomic E-state index is 6.09. The van der Waals surface area contributed by atoms with E-state index in [2.05, 4.69) is 26.1 Å². The molecule has 0 aliphatic rings. The summed E-state index contributed by atoms with van der Waals surface area (Å²) < 4.78 is 6.27. The van der Waals surface area contributed by atoms with Gasteiger partial charge in [-0.05, 0) is 28.1 Å². The molecule has 2 rings (SSSR count). The fourth-order valence-corrected chi connectivity index (χ4v) is 2.71. The molecule has 0 spiro atoms. The second kappa shape index (κ2) is 4.51. The smallest absolute Gasteiger partial charge is 0.232 e. The lowest BCUT2D eigenvalue weighted by Crippen LogP contribution is -2.14. The number of halogens is 1. The van der Waals surface area contributed by atoms with Gasteiger partial charge in [-0.2, -0.15) is 4.98 Å². The van der Waals surface area contributed by atoms with Crippen LogP contribution in [-0.2, 0) is 5.41 Å². The van der Waals surface area contributed by atoms with Gasteiger partial charge in [-0.25, -0.2) is 0 Å². The average molecular weight is 316 g/mol. The summed E-state index contributed by atoms with van der Waals surface area (Å²) in [7, 11) is 0. The Labute approximate surface area is 112 Å². The van der Waals surface area contributed by atoms with Gasteiger partial charge in [0.1, 0.15) is 6.04 Å². The Bertz CT molecular complexity index is 515. The summed E-state index contributed by atoms with van der Waals surface area (Å²) in [5.74, 6) is 1.14. The lowest BCUT2D eigenvalue weighted by atomic mass is 9.97. The SMILES string of the molecule is CC(C)(C)c1nc(C(N)c2ccc(Br)s2)no1. The van der Waals surface area contributed by atoms with Crippen molar-refractivity contribution in [2.45, 2.75) is 32.2 Å². The zero-order valence-corrected chi connectivity index (χ0v) is 12.3. The molecule has 17 heavy (non-hydrogen) atoms. The molecule has 2 aromatic rings. The molecule has 0 amide bonds. The third-order valence-electron chi connectivity index (χ3n) is 2.26. The third-order valence-corrected chi connectivity index (χ3v) is 3.97. The predicted molar refractivity (Wildman–Crippen MR) is 71.0 cm³/mol. The van der Waals surface area contributed by atoms with E-state index in [4.69, 9.17) is 10.3 Å². The van der Waals surface area contributed by atoms with Crippen LogP contribution >= 0.6 is 27.3 Å². The second-order valence-electron chi connectivity index (χ2n) is 4.83. The van der Waals surface area contributed by atoms with Crippen molar-refractivity contribution in [2.75, 3.05) is 0 Å². The number of hydrogen-bond donors (Lipinski definition) is 1. The average Bonchev–Trinajstić information content (AvgIpc) is 2.83. The monoisotopic (exact) mass is 315 g/mol. The molecule has 4 nitrogen and oxygen atoms in total. The van der Waals surface area contributed by atoms with E-state index in [-0.39, 0.29) is 11.5 Å². The van der Waals surface area contributed by atoms with Crippen LogP contribution in [0.3, 0.4) is 0 Å². The number of rotatable bonds is 2. The van der Waals surface area contributed by atoms with Crippen molar-refractivity contribution in [3.05, 3.63) is 32.5 Å². The Morgan fingerprint density at radius 2 is 2.12 bits per heavy atom. The van der Waals surface area contributed by atoms with Crippen LogP contribution in [-0.4, -0.2) is 10.1 Å². The van der Waals surface area contributed by atoms with Crippen molar-refractivity contribution in [1.29, 1.82) is 0 Å². The van der Waals surface area contributed by atoms with Gasteiger partial charge in [0.15, 0.2) is 5.82 Å².